The van der Waals surface area contributed by atoms with E-state index in [0.717, 1.165) is 24.0 Å². The molecule has 1 aliphatic rings. The van der Waals surface area contributed by atoms with Crippen LogP contribution in [0.25, 0.3) is 0 Å². The van der Waals surface area contributed by atoms with Crippen molar-refractivity contribution < 1.29 is 9.59 Å². The Bertz CT molecular complexity index is 1030. The van der Waals surface area contributed by atoms with E-state index >= 15 is 0 Å². The molecule has 31 heavy (non-hydrogen) atoms. The van der Waals surface area contributed by atoms with Gasteiger partial charge in [0.25, 0.3) is 5.91 Å². The Labute approximate surface area is 190 Å². The van der Waals surface area contributed by atoms with E-state index in [1.165, 1.54) is 4.88 Å². The zero-order valence-corrected chi connectivity index (χ0v) is 18.6. The minimum Gasteiger partial charge on any atom is -0.337 e. The van der Waals surface area contributed by atoms with Crippen LogP contribution in [0, 0.1) is 0 Å². The van der Waals surface area contributed by atoms with E-state index in [1.54, 1.807) is 48.1 Å². The first kappa shape index (κ1) is 21.5. The number of benzene rings is 1. The van der Waals surface area contributed by atoms with Crippen LogP contribution in [0.2, 0.25) is 4.34 Å². The van der Waals surface area contributed by atoms with Gasteiger partial charge in [-0.2, -0.15) is 0 Å². The summed E-state index contributed by atoms with van der Waals surface area (Å²) in [6, 6.07) is 11.1. The fourth-order valence-corrected chi connectivity index (χ4v) is 4.68. The molecule has 1 fully saturated rings. The lowest BCUT2D eigenvalue weighted by atomic mass is 10.1. The van der Waals surface area contributed by atoms with Crippen molar-refractivity contribution in [3.8, 4) is 0 Å². The summed E-state index contributed by atoms with van der Waals surface area (Å²) in [4.78, 5) is 34.6. The Morgan fingerprint density at radius 3 is 2.68 bits per heavy atom. The van der Waals surface area contributed by atoms with Gasteiger partial charge in [-0.3, -0.25) is 14.5 Å². The molecule has 3 aromatic rings. The smallest absolute Gasteiger partial charge is 0.254 e. The van der Waals surface area contributed by atoms with Gasteiger partial charge in [0, 0.05) is 74.2 Å². The monoisotopic (exact) mass is 457 g/mol. The average Bonchev–Trinajstić information content (AvgIpc) is 3.44. The Hall–Kier alpha value is -2.68. The molecule has 0 saturated carbocycles. The van der Waals surface area contributed by atoms with E-state index in [2.05, 4.69) is 21.3 Å². The zero-order valence-electron chi connectivity index (χ0n) is 17.0. The molecule has 0 radical (unpaired) electrons. The van der Waals surface area contributed by atoms with E-state index in [9.17, 15) is 9.59 Å². The maximum atomic E-state index is 13.0. The van der Waals surface area contributed by atoms with Crippen LogP contribution in [0.3, 0.4) is 0 Å². The molecule has 1 aromatic carbocycles. The lowest BCUT2D eigenvalue weighted by Gasteiger charge is -2.34. The summed E-state index contributed by atoms with van der Waals surface area (Å²) in [5.41, 5.74) is 1.22. The number of aryl methyl sites for hydroxylation is 1. The molecule has 1 aliphatic heterocycles. The van der Waals surface area contributed by atoms with Crippen molar-refractivity contribution in [2.24, 2.45) is 0 Å². The Kier molecular flexibility index (Phi) is 7.01. The van der Waals surface area contributed by atoms with E-state index in [-0.39, 0.29) is 11.8 Å². The number of nitrogens with one attached hydrogen (secondary N) is 1. The molecule has 0 unspecified atom stereocenters. The maximum absolute atomic E-state index is 13.0. The molecule has 0 bridgehead atoms. The second-order valence-corrected chi connectivity index (χ2v) is 9.25. The third-order valence-corrected chi connectivity index (χ3v) is 6.43. The second kappa shape index (κ2) is 10.1. The first-order valence-electron chi connectivity index (χ1n) is 10.2. The van der Waals surface area contributed by atoms with Gasteiger partial charge in [-0.05, 0) is 30.3 Å². The first-order valence-corrected chi connectivity index (χ1v) is 11.4. The van der Waals surface area contributed by atoms with Gasteiger partial charge in [-0.15, -0.1) is 11.3 Å². The second-order valence-electron chi connectivity index (χ2n) is 7.45. The molecule has 4 rings (SSSR count). The van der Waals surface area contributed by atoms with Crippen LogP contribution >= 0.6 is 22.9 Å². The summed E-state index contributed by atoms with van der Waals surface area (Å²) >= 11 is 7.61. The fourth-order valence-electron chi connectivity index (χ4n) is 3.55. The fraction of sp³-hybridized carbons (Fsp3) is 0.318. The van der Waals surface area contributed by atoms with Crippen molar-refractivity contribution in [1.82, 2.24) is 19.4 Å². The summed E-state index contributed by atoms with van der Waals surface area (Å²) in [6.07, 6.45) is 5.53. The molecular weight excluding hydrogens is 434 g/mol. The van der Waals surface area contributed by atoms with Gasteiger partial charge >= 0.3 is 0 Å². The largest absolute Gasteiger partial charge is 0.337 e. The SMILES string of the molecule is O=C(CCn1ccnc1)Nc1cccc(C(=O)N2CCN(Cc3ccc(Cl)s3)CC2)c1. The van der Waals surface area contributed by atoms with Crippen LogP contribution in [-0.4, -0.2) is 57.3 Å². The quantitative estimate of drug-likeness (QED) is 0.588. The number of thiophene rings is 1. The standard InChI is InChI=1S/C22H24ClN5O2S/c23-20-5-4-19(31-20)15-26-10-12-28(13-11-26)22(30)17-2-1-3-18(14-17)25-21(29)6-8-27-9-7-24-16-27/h1-5,7,9,14,16H,6,8,10-13,15H2,(H,25,29). The highest BCUT2D eigenvalue weighted by atomic mass is 35.5. The van der Waals surface area contributed by atoms with E-state index < -0.39 is 0 Å². The van der Waals surface area contributed by atoms with Crippen molar-refractivity contribution in [3.05, 3.63) is 69.9 Å². The number of anilines is 1. The lowest BCUT2D eigenvalue weighted by molar-refractivity contribution is -0.116. The Morgan fingerprint density at radius 1 is 1.13 bits per heavy atom. The topological polar surface area (TPSA) is 70.5 Å². The molecule has 1 saturated heterocycles. The van der Waals surface area contributed by atoms with Gasteiger partial charge in [0.1, 0.15) is 0 Å². The number of piperazine rings is 1. The number of halogens is 1. The highest BCUT2D eigenvalue weighted by Crippen LogP contribution is 2.23. The number of aromatic nitrogens is 2. The zero-order chi connectivity index (χ0) is 21.6. The van der Waals surface area contributed by atoms with Crippen molar-refractivity contribution in [2.75, 3.05) is 31.5 Å². The molecule has 3 heterocycles. The number of hydrogen-bond donors (Lipinski definition) is 1. The number of rotatable bonds is 7. The third kappa shape index (κ3) is 5.94. The van der Waals surface area contributed by atoms with Crippen molar-refractivity contribution >= 4 is 40.4 Å². The number of nitrogens with zero attached hydrogens (tertiary/aromatic N) is 4. The molecule has 9 heteroatoms. The molecular formula is C22H24ClN5O2S. The van der Waals surface area contributed by atoms with E-state index in [4.69, 9.17) is 11.6 Å². The van der Waals surface area contributed by atoms with Gasteiger partial charge in [0.15, 0.2) is 0 Å². The van der Waals surface area contributed by atoms with Crippen LogP contribution in [0.5, 0.6) is 0 Å². The van der Waals surface area contributed by atoms with Crippen molar-refractivity contribution in [2.45, 2.75) is 19.5 Å². The normalized spacial score (nSPS) is 14.5. The molecule has 0 atom stereocenters. The highest BCUT2D eigenvalue weighted by molar-refractivity contribution is 7.16. The summed E-state index contributed by atoms with van der Waals surface area (Å²) in [5, 5.41) is 2.88. The minimum absolute atomic E-state index is 0.00617. The third-order valence-electron chi connectivity index (χ3n) is 5.22. The van der Waals surface area contributed by atoms with E-state index in [1.807, 2.05) is 21.7 Å². The molecule has 0 aliphatic carbocycles. The van der Waals surface area contributed by atoms with Gasteiger partial charge < -0.3 is 14.8 Å². The van der Waals surface area contributed by atoms with Gasteiger partial charge in [-0.1, -0.05) is 17.7 Å². The van der Waals surface area contributed by atoms with Crippen LogP contribution in [0.15, 0.2) is 55.1 Å². The first-order chi connectivity index (χ1) is 15.1. The number of imidazole rings is 1. The minimum atomic E-state index is -0.0967. The summed E-state index contributed by atoms with van der Waals surface area (Å²) in [7, 11) is 0. The average molecular weight is 458 g/mol. The summed E-state index contributed by atoms with van der Waals surface area (Å²) in [5.74, 6) is -0.103. The van der Waals surface area contributed by atoms with Gasteiger partial charge in [0.05, 0.1) is 10.7 Å². The lowest BCUT2D eigenvalue weighted by Crippen LogP contribution is -2.48. The van der Waals surface area contributed by atoms with Crippen LogP contribution < -0.4 is 5.32 Å². The predicted molar refractivity (Wildman–Crippen MR) is 122 cm³/mol. The maximum Gasteiger partial charge on any atom is 0.254 e. The Balaban J connectivity index is 1.28. The van der Waals surface area contributed by atoms with Gasteiger partial charge in [0.2, 0.25) is 5.91 Å². The van der Waals surface area contributed by atoms with E-state index in [0.29, 0.717) is 37.3 Å². The molecule has 7 nitrogen and oxygen atoms in total. The molecule has 162 valence electrons. The van der Waals surface area contributed by atoms with Crippen LogP contribution in [0.4, 0.5) is 5.69 Å². The Morgan fingerprint density at radius 2 is 1.97 bits per heavy atom. The van der Waals surface area contributed by atoms with Crippen molar-refractivity contribution in [1.29, 1.82) is 0 Å². The van der Waals surface area contributed by atoms with Crippen molar-refractivity contribution in [3.63, 3.8) is 0 Å². The van der Waals surface area contributed by atoms with Crippen LogP contribution in [-0.2, 0) is 17.9 Å². The number of carbonyl (C=O) groups excluding carboxylic acids is 2. The highest BCUT2D eigenvalue weighted by Gasteiger charge is 2.22. The molecule has 2 amide bonds. The molecule has 0 spiro atoms. The van der Waals surface area contributed by atoms with Gasteiger partial charge in [-0.25, -0.2) is 4.98 Å². The predicted octanol–water partition coefficient (Wildman–Crippen LogP) is 3.58. The number of carbonyl (C=O) groups is 2. The molecule has 2 aromatic heterocycles. The number of hydrogen-bond acceptors (Lipinski definition) is 5. The summed E-state index contributed by atoms with van der Waals surface area (Å²) < 4.78 is 2.66. The van der Waals surface area contributed by atoms with Crippen LogP contribution in [0.1, 0.15) is 21.7 Å². The number of amides is 2. The molecule has 1 N–H and O–H groups in total. The summed E-state index contributed by atoms with van der Waals surface area (Å²) in [6.45, 7) is 4.43.